The van der Waals surface area contributed by atoms with Crippen molar-refractivity contribution in [2.45, 2.75) is 52.0 Å². The number of fused-ring (bicyclic) bond motifs is 5. The first kappa shape index (κ1) is 25.0. The quantitative estimate of drug-likeness (QED) is 0.374. The average Bonchev–Trinajstić information content (AvgIpc) is 3.54. The van der Waals surface area contributed by atoms with Crippen LogP contribution in [0.5, 0.6) is 0 Å². The standard InChI is InChI=1S/C28H30N6O5/c1-17(35)28-9-6-27(7-10-28,8-11-28)16-30-25(37)21-14-19(32-23-5-12-31-34(21)23)24(36)29-15-18-3-4-22-20(13-18)33(2)26(38)39-22/h3-5,12-14H,6-11,15-16H2,1-2H3,(H,29,36)(H,30,37). The zero-order valence-electron chi connectivity index (χ0n) is 22.0. The van der Waals surface area contributed by atoms with E-state index in [0.717, 1.165) is 44.1 Å². The largest absolute Gasteiger partial charge is 0.419 e. The molecule has 11 heteroatoms. The summed E-state index contributed by atoms with van der Waals surface area (Å²) in [4.78, 5) is 54.7. The van der Waals surface area contributed by atoms with E-state index in [9.17, 15) is 19.2 Å². The molecule has 3 fully saturated rings. The number of ketones is 1. The smallest absolute Gasteiger partial charge is 0.408 e. The number of hydrogen-bond acceptors (Lipinski definition) is 7. The molecule has 0 atom stereocenters. The number of nitrogens with one attached hydrogen (secondary N) is 2. The molecule has 2 bridgehead atoms. The summed E-state index contributed by atoms with van der Waals surface area (Å²) in [5.41, 5.74) is 2.44. The summed E-state index contributed by atoms with van der Waals surface area (Å²) in [6.45, 7) is 2.42. The number of Topliss-reactive ketones (excluding diaryl/α,β-unsaturated/α-hetero) is 1. The fraction of sp³-hybridized carbons (Fsp3) is 0.429. The van der Waals surface area contributed by atoms with Crippen molar-refractivity contribution in [1.29, 1.82) is 0 Å². The van der Waals surface area contributed by atoms with Crippen molar-refractivity contribution in [3.05, 3.63) is 64.0 Å². The van der Waals surface area contributed by atoms with Gasteiger partial charge in [0.05, 0.1) is 11.7 Å². The van der Waals surface area contributed by atoms with Crippen LogP contribution < -0.4 is 16.4 Å². The second kappa shape index (κ2) is 9.18. The summed E-state index contributed by atoms with van der Waals surface area (Å²) >= 11 is 0. The predicted molar refractivity (Wildman–Crippen MR) is 141 cm³/mol. The van der Waals surface area contributed by atoms with Gasteiger partial charge in [0.1, 0.15) is 17.2 Å². The molecule has 0 radical (unpaired) electrons. The molecule has 7 rings (SSSR count). The third-order valence-electron chi connectivity index (χ3n) is 8.91. The van der Waals surface area contributed by atoms with Crippen LogP contribution in [0.1, 0.15) is 72.0 Å². The van der Waals surface area contributed by atoms with E-state index in [1.165, 1.54) is 21.3 Å². The van der Waals surface area contributed by atoms with Gasteiger partial charge in [-0.15, -0.1) is 0 Å². The molecule has 3 heterocycles. The molecule has 3 aliphatic carbocycles. The minimum atomic E-state index is -0.453. The van der Waals surface area contributed by atoms with Gasteiger partial charge in [-0.1, -0.05) is 6.07 Å². The molecule has 0 aliphatic heterocycles. The highest BCUT2D eigenvalue weighted by Gasteiger charge is 2.50. The van der Waals surface area contributed by atoms with E-state index in [2.05, 4.69) is 20.7 Å². The second-order valence-corrected chi connectivity index (χ2v) is 11.1. The number of rotatable bonds is 7. The van der Waals surface area contributed by atoms with Crippen LogP contribution >= 0.6 is 0 Å². The Kier molecular flexibility index (Phi) is 5.89. The van der Waals surface area contributed by atoms with Crippen LogP contribution in [-0.2, 0) is 18.4 Å². The molecule has 0 spiro atoms. The zero-order valence-corrected chi connectivity index (χ0v) is 22.0. The molecule has 0 saturated heterocycles. The van der Waals surface area contributed by atoms with Gasteiger partial charge in [-0.05, 0) is 68.6 Å². The summed E-state index contributed by atoms with van der Waals surface area (Å²) in [5.74, 6) is -0.926. The molecule has 3 saturated carbocycles. The summed E-state index contributed by atoms with van der Waals surface area (Å²) in [6.07, 6.45) is 6.95. The molecular weight excluding hydrogens is 500 g/mol. The maximum absolute atomic E-state index is 13.3. The number of nitrogens with zero attached hydrogens (tertiary/aromatic N) is 4. The SMILES string of the molecule is CC(=O)C12CCC(CNC(=O)c3cc(C(=O)NCc4ccc5oc(=O)n(C)c5c4)nc4ccnn34)(CC1)CC2. The normalized spacial score (nSPS) is 22.3. The van der Waals surface area contributed by atoms with Crippen LogP contribution in [0.3, 0.4) is 0 Å². The van der Waals surface area contributed by atoms with E-state index in [-0.39, 0.29) is 40.5 Å². The molecule has 2 N–H and O–H groups in total. The van der Waals surface area contributed by atoms with Crippen molar-refractivity contribution in [1.82, 2.24) is 29.8 Å². The van der Waals surface area contributed by atoms with E-state index in [0.29, 0.717) is 23.3 Å². The van der Waals surface area contributed by atoms with Crippen molar-refractivity contribution < 1.29 is 18.8 Å². The van der Waals surface area contributed by atoms with Crippen molar-refractivity contribution in [2.75, 3.05) is 6.54 Å². The van der Waals surface area contributed by atoms with Gasteiger partial charge in [-0.25, -0.2) is 14.3 Å². The molecule has 0 unspecified atom stereocenters. The summed E-state index contributed by atoms with van der Waals surface area (Å²) in [6, 6.07) is 8.34. The Morgan fingerprint density at radius 1 is 1.00 bits per heavy atom. The van der Waals surface area contributed by atoms with Crippen LogP contribution in [0.2, 0.25) is 0 Å². The van der Waals surface area contributed by atoms with Crippen LogP contribution in [0.4, 0.5) is 0 Å². The molecule has 3 aliphatic rings. The number of aryl methyl sites for hydroxylation is 1. The molecule has 1 aromatic carbocycles. The Balaban J connectivity index is 1.16. The Labute approximate surface area is 223 Å². The minimum absolute atomic E-state index is 0.00289. The fourth-order valence-corrected chi connectivity index (χ4v) is 6.16. The third kappa shape index (κ3) is 4.31. The number of hydrogen-bond donors (Lipinski definition) is 2. The van der Waals surface area contributed by atoms with Crippen LogP contribution in [0, 0.1) is 10.8 Å². The second-order valence-electron chi connectivity index (χ2n) is 11.1. The molecular formula is C28H30N6O5. The third-order valence-corrected chi connectivity index (χ3v) is 8.91. The fourth-order valence-electron chi connectivity index (χ4n) is 6.16. The van der Waals surface area contributed by atoms with Gasteiger partial charge in [0.2, 0.25) is 0 Å². The minimum Gasteiger partial charge on any atom is -0.408 e. The van der Waals surface area contributed by atoms with E-state index in [4.69, 9.17) is 4.42 Å². The molecule has 11 nitrogen and oxygen atoms in total. The van der Waals surface area contributed by atoms with Gasteiger partial charge in [0.15, 0.2) is 11.2 Å². The summed E-state index contributed by atoms with van der Waals surface area (Å²) in [7, 11) is 1.62. The first-order valence-electron chi connectivity index (χ1n) is 13.2. The van der Waals surface area contributed by atoms with Crippen molar-refractivity contribution >= 4 is 34.3 Å². The Morgan fingerprint density at radius 3 is 2.46 bits per heavy atom. The molecule has 202 valence electrons. The van der Waals surface area contributed by atoms with Gasteiger partial charge in [-0.2, -0.15) is 5.10 Å². The monoisotopic (exact) mass is 530 g/mol. The predicted octanol–water partition coefficient (Wildman–Crippen LogP) is 2.76. The highest BCUT2D eigenvalue weighted by Crippen LogP contribution is 2.56. The lowest BCUT2D eigenvalue weighted by Crippen LogP contribution is -2.49. The highest BCUT2D eigenvalue weighted by atomic mass is 16.4. The van der Waals surface area contributed by atoms with Crippen LogP contribution in [-0.4, -0.2) is 43.3 Å². The lowest BCUT2D eigenvalue weighted by Gasteiger charge is -2.52. The Morgan fingerprint density at radius 2 is 1.74 bits per heavy atom. The molecule has 2 amide bonds. The molecule has 3 aromatic heterocycles. The van der Waals surface area contributed by atoms with Gasteiger partial charge >= 0.3 is 5.76 Å². The first-order chi connectivity index (χ1) is 18.7. The molecule has 39 heavy (non-hydrogen) atoms. The lowest BCUT2D eigenvalue weighted by atomic mass is 9.52. The lowest BCUT2D eigenvalue weighted by molar-refractivity contribution is -0.135. The van der Waals surface area contributed by atoms with Crippen LogP contribution in [0.15, 0.2) is 45.7 Å². The first-order valence-corrected chi connectivity index (χ1v) is 13.2. The Bertz CT molecular complexity index is 1670. The number of benzene rings is 1. The van der Waals surface area contributed by atoms with Gasteiger partial charge < -0.3 is 15.1 Å². The van der Waals surface area contributed by atoms with Crippen LogP contribution in [0.25, 0.3) is 16.7 Å². The van der Waals surface area contributed by atoms with E-state index < -0.39 is 11.7 Å². The molecule has 4 aromatic rings. The number of oxazole rings is 1. The zero-order chi connectivity index (χ0) is 27.4. The summed E-state index contributed by atoms with van der Waals surface area (Å²) < 4.78 is 7.99. The maximum Gasteiger partial charge on any atom is 0.419 e. The topological polar surface area (TPSA) is 141 Å². The van der Waals surface area contributed by atoms with Gasteiger partial charge in [-0.3, -0.25) is 19.0 Å². The maximum atomic E-state index is 13.3. The number of carbonyl (C=O) groups is 3. The number of amides is 2. The van der Waals surface area contributed by atoms with E-state index in [1.807, 2.05) is 0 Å². The average molecular weight is 531 g/mol. The van der Waals surface area contributed by atoms with Gasteiger partial charge in [0, 0.05) is 37.7 Å². The Hall–Kier alpha value is -4.28. The van der Waals surface area contributed by atoms with E-state index in [1.54, 1.807) is 38.2 Å². The highest BCUT2D eigenvalue weighted by molar-refractivity contribution is 5.98. The number of aromatic nitrogens is 4. The van der Waals surface area contributed by atoms with E-state index >= 15 is 0 Å². The van der Waals surface area contributed by atoms with Gasteiger partial charge in [0.25, 0.3) is 11.8 Å². The summed E-state index contributed by atoms with van der Waals surface area (Å²) in [5, 5.41) is 10.1. The van der Waals surface area contributed by atoms with Crippen molar-refractivity contribution in [2.24, 2.45) is 17.9 Å². The van der Waals surface area contributed by atoms with Crippen molar-refractivity contribution in [3.63, 3.8) is 0 Å². The number of carbonyl (C=O) groups excluding carboxylic acids is 3. The van der Waals surface area contributed by atoms with Crippen molar-refractivity contribution in [3.8, 4) is 0 Å².